The van der Waals surface area contributed by atoms with Crippen LogP contribution in [0, 0.1) is 0 Å². The summed E-state index contributed by atoms with van der Waals surface area (Å²) in [6.07, 6.45) is 7.76. The van der Waals surface area contributed by atoms with Crippen LogP contribution in [0.3, 0.4) is 0 Å². The molecular formula is C22H24N6O. The molecule has 1 aliphatic heterocycles. The fourth-order valence-electron chi connectivity index (χ4n) is 4.10. The lowest BCUT2D eigenvalue weighted by molar-refractivity contribution is 0.148. The van der Waals surface area contributed by atoms with E-state index in [-0.39, 0.29) is 12.1 Å². The lowest BCUT2D eigenvalue weighted by Crippen LogP contribution is -2.45. The highest BCUT2D eigenvalue weighted by Crippen LogP contribution is 2.30. The number of pyridine rings is 1. The molecule has 0 saturated carbocycles. The molecule has 5 rings (SSSR count). The third-order valence-electron chi connectivity index (χ3n) is 5.56. The number of nitrogens with one attached hydrogen (secondary N) is 2. The number of hydrogen-bond donors (Lipinski definition) is 2. The molecule has 0 radical (unpaired) electrons. The minimum absolute atomic E-state index is 0.00801. The Morgan fingerprint density at radius 3 is 2.93 bits per heavy atom. The molecule has 2 N–H and O–H groups in total. The first-order valence-electron chi connectivity index (χ1n) is 10.2. The Kier molecular flexibility index (Phi) is 4.63. The van der Waals surface area contributed by atoms with Gasteiger partial charge in [0, 0.05) is 31.9 Å². The summed E-state index contributed by atoms with van der Waals surface area (Å²) in [5.41, 5.74) is 3.86. The van der Waals surface area contributed by atoms with Crippen LogP contribution >= 0.6 is 0 Å². The van der Waals surface area contributed by atoms with Crippen LogP contribution in [0.1, 0.15) is 36.8 Å². The Morgan fingerprint density at radius 1 is 1.14 bits per heavy atom. The number of urea groups is 1. The SMILES string of the molecule is O=C(NCCc1cn2ccccc2n1)N1CCCCC1c1nc2ccccc2[nH]1. The topological polar surface area (TPSA) is 78.3 Å². The van der Waals surface area contributed by atoms with Gasteiger partial charge < -0.3 is 19.6 Å². The van der Waals surface area contributed by atoms with E-state index in [1.165, 1.54) is 0 Å². The van der Waals surface area contributed by atoms with Gasteiger partial charge in [-0.1, -0.05) is 18.2 Å². The predicted octanol–water partition coefficient (Wildman–Crippen LogP) is 3.69. The monoisotopic (exact) mass is 388 g/mol. The minimum atomic E-state index is -0.0288. The third kappa shape index (κ3) is 3.55. The smallest absolute Gasteiger partial charge is 0.318 e. The van der Waals surface area contributed by atoms with Gasteiger partial charge in [0.25, 0.3) is 0 Å². The molecule has 148 valence electrons. The number of para-hydroxylation sites is 2. The van der Waals surface area contributed by atoms with Gasteiger partial charge in [-0.25, -0.2) is 14.8 Å². The zero-order valence-corrected chi connectivity index (χ0v) is 16.2. The van der Waals surface area contributed by atoms with Gasteiger partial charge in [0.05, 0.1) is 22.8 Å². The number of hydrogen-bond acceptors (Lipinski definition) is 3. The van der Waals surface area contributed by atoms with Crippen molar-refractivity contribution in [2.24, 2.45) is 0 Å². The number of likely N-dealkylation sites (tertiary alicyclic amines) is 1. The lowest BCUT2D eigenvalue weighted by Gasteiger charge is -2.34. The Balaban J connectivity index is 1.25. The number of imidazole rings is 2. The zero-order valence-electron chi connectivity index (χ0n) is 16.2. The van der Waals surface area contributed by atoms with E-state index in [2.05, 4.69) is 15.3 Å². The van der Waals surface area contributed by atoms with Gasteiger partial charge in [-0.15, -0.1) is 0 Å². The molecule has 7 heteroatoms. The standard InChI is InChI=1S/C22H24N6O/c29-22(23-12-11-16-15-27-13-5-4-10-20(27)24-16)28-14-6-3-9-19(28)21-25-17-7-1-2-8-18(17)26-21/h1-2,4-5,7-8,10,13,15,19H,3,6,9,11-12,14H2,(H,23,29)(H,25,26). The Morgan fingerprint density at radius 2 is 2.03 bits per heavy atom. The van der Waals surface area contributed by atoms with Crippen molar-refractivity contribution in [3.05, 3.63) is 66.4 Å². The molecule has 2 amide bonds. The summed E-state index contributed by atoms with van der Waals surface area (Å²) in [6, 6.07) is 13.9. The largest absolute Gasteiger partial charge is 0.340 e. The number of piperidine rings is 1. The van der Waals surface area contributed by atoms with Crippen molar-refractivity contribution in [1.82, 2.24) is 29.6 Å². The maximum absolute atomic E-state index is 12.9. The van der Waals surface area contributed by atoms with Gasteiger partial charge in [0.15, 0.2) is 0 Å². The van der Waals surface area contributed by atoms with Crippen molar-refractivity contribution >= 4 is 22.7 Å². The minimum Gasteiger partial charge on any atom is -0.340 e. The van der Waals surface area contributed by atoms with E-state index in [4.69, 9.17) is 4.98 Å². The van der Waals surface area contributed by atoms with Crippen LogP contribution in [-0.4, -0.2) is 43.4 Å². The van der Waals surface area contributed by atoms with Gasteiger partial charge in [-0.2, -0.15) is 0 Å². The van der Waals surface area contributed by atoms with Crippen LogP contribution < -0.4 is 5.32 Å². The van der Waals surface area contributed by atoms with Crippen molar-refractivity contribution in [1.29, 1.82) is 0 Å². The molecule has 1 aromatic carbocycles. The van der Waals surface area contributed by atoms with E-state index in [0.29, 0.717) is 13.0 Å². The molecule has 1 saturated heterocycles. The average Bonchev–Trinajstić information content (AvgIpc) is 3.37. The van der Waals surface area contributed by atoms with Crippen molar-refractivity contribution in [3.63, 3.8) is 0 Å². The molecule has 3 aromatic heterocycles. The Hall–Kier alpha value is -3.35. The summed E-state index contributed by atoms with van der Waals surface area (Å²) in [5.74, 6) is 0.876. The number of benzene rings is 1. The number of aromatic nitrogens is 4. The molecule has 4 heterocycles. The number of fused-ring (bicyclic) bond motifs is 2. The van der Waals surface area contributed by atoms with Gasteiger partial charge in [-0.3, -0.25) is 0 Å². The fraction of sp³-hybridized carbons (Fsp3) is 0.318. The molecular weight excluding hydrogens is 364 g/mol. The van der Waals surface area contributed by atoms with Gasteiger partial charge in [0.1, 0.15) is 11.5 Å². The van der Waals surface area contributed by atoms with Gasteiger partial charge >= 0.3 is 6.03 Å². The van der Waals surface area contributed by atoms with Crippen molar-refractivity contribution in [2.75, 3.05) is 13.1 Å². The first kappa shape index (κ1) is 17.7. The molecule has 1 unspecified atom stereocenters. The molecule has 1 fully saturated rings. The van der Waals surface area contributed by atoms with E-state index in [0.717, 1.165) is 54.0 Å². The maximum atomic E-state index is 12.9. The number of H-pyrrole nitrogens is 1. The highest BCUT2D eigenvalue weighted by molar-refractivity contribution is 5.76. The summed E-state index contributed by atoms with van der Waals surface area (Å²) in [6.45, 7) is 1.31. The summed E-state index contributed by atoms with van der Waals surface area (Å²) in [7, 11) is 0. The van der Waals surface area contributed by atoms with Crippen LogP contribution in [-0.2, 0) is 6.42 Å². The molecule has 0 spiro atoms. The molecule has 0 bridgehead atoms. The van der Waals surface area contributed by atoms with Crippen LogP contribution in [0.15, 0.2) is 54.9 Å². The van der Waals surface area contributed by atoms with E-state index in [1.54, 1.807) is 0 Å². The van der Waals surface area contributed by atoms with Crippen molar-refractivity contribution in [3.8, 4) is 0 Å². The van der Waals surface area contributed by atoms with E-state index in [1.807, 2.05) is 64.2 Å². The van der Waals surface area contributed by atoms with Crippen LogP contribution in [0.25, 0.3) is 16.7 Å². The average molecular weight is 388 g/mol. The van der Waals surface area contributed by atoms with Crippen LogP contribution in [0.2, 0.25) is 0 Å². The van der Waals surface area contributed by atoms with Gasteiger partial charge in [0.2, 0.25) is 0 Å². The second-order valence-electron chi connectivity index (χ2n) is 7.52. The summed E-state index contributed by atoms with van der Waals surface area (Å²) >= 11 is 0. The number of aromatic amines is 1. The second kappa shape index (κ2) is 7.58. The number of carbonyl (C=O) groups excluding carboxylic acids is 1. The van der Waals surface area contributed by atoms with E-state index >= 15 is 0 Å². The highest BCUT2D eigenvalue weighted by Gasteiger charge is 2.30. The Bertz CT molecular complexity index is 1080. The molecule has 4 aromatic rings. The molecule has 0 aliphatic carbocycles. The zero-order chi connectivity index (χ0) is 19.6. The number of nitrogens with zero attached hydrogens (tertiary/aromatic N) is 4. The first-order valence-corrected chi connectivity index (χ1v) is 10.2. The van der Waals surface area contributed by atoms with E-state index < -0.39 is 0 Å². The van der Waals surface area contributed by atoms with Crippen LogP contribution in [0.4, 0.5) is 4.79 Å². The quantitative estimate of drug-likeness (QED) is 0.560. The Labute approximate surface area is 168 Å². The van der Waals surface area contributed by atoms with Crippen molar-refractivity contribution in [2.45, 2.75) is 31.7 Å². The molecule has 7 nitrogen and oxygen atoms in total. The normalized spacial score (nSPS) is 17.1. The molecule has 29 heavy (non-hydrogen) atoms. The maximum Gasteiger partial charge on any atom is 0.318 e. The summed E-state index contributed by atoms with van der Waals surface area (Å²) < 4.78 is 2.00. The lowest BCUT2D eigenvalue weighted by atomic mass is 10.0. The summed E-state index contributed by atoms with van der Waals surface area (Å²) in [5, 5.41) is 3.07. The van der Waals surface area contributed by atoms with Crippen LogP contribution in [0.5, 0.6) is 0 Å². The van der Waals surface area contributed by atoms with E-state index in [9.17, 15) is 4.79 Å². The van der Waals surface area contributed by atoms with Gasteiger partial charge in [-0.05, 0) is 43.5 Å². The first-order chi connectivity index (χ1) is 14.3. The highest BCUT2D eigenvalue weighted by atomic mass is 16.2. The number of carbonyl (C=O) groups is 1. The number of amides is 2. The summed E-state index contributed by atoms with van der Waals surface area (Å²) in [4.78, 5) is 27.6. The molecule has 1 aliphatic rings. The van der Waals surface area contributed by atoms with Crippen molar-refractivity contribution < 1.29 is 4.79 Å². The number of rotatable bonds is 4. The predicted molar refractivity (Wildman–Crippen MR) is 112 cm³/mol. The third-order valence-corrected chi connectivity index (χ3v) is 5.56. The molecule has 1 atom stereocenters. The second-order valence-corrected chi connectivity index (χ2v) is 7.52. The fourth-order valence-corrected chi connectivity index (χ4v) is 4.10.